The van der Waals surface area contributed by atoms with Crippen molar-refractivity contribution >= 4 is 0 Å². The molecule has 2 heteroatoms. The summed E-state index contributed by atoms with van der Waals surface area (Å²) in [6, 6.07) is 0. The summed E-state index contributed by atoms with van der Waals surface area (Å²) < 4.78 is 0. The van der Waals surface area contributed by atoms with Crippen molar-refractivity contribution in [3.63, 3.8) is 0 Å². The monoisotopic (exact) mass is 352 g/mol. The maximum atomic E-state index is 9.59. The summed E-state index contributed by atoms with van der Waals surface area (Å²) in [6.07, 6.45) is 21.8. The van der Waals surface area contributed by atoms with Gasteiger partial charge in [-0.05, 0) is 49.4 Å². The topological polar surface area (TPSA) is 29.5 Å². The Hall–Kier alpha value is -0.0800. The van der Waals surface area contributed by atoms with Crippen molar-refractivity contribution in [2.24, 2.45) is 23.7 Å². The van der Waals surface area contributed by atoms with E-state index in [1.807, 2.05) is 0 Å². The Labute approximate surface area is 157 Å². The van der Waals surface area contributed by atoms with Crippen molar-refractivity contribution in [2.45, 2.75) is 123 Å². The Morgan fingerprint density at radius 2 is 1.20 bits per heavy atom. The molecular weight excluding hydrogens is 308 g/mol. The molecule has 1 N–H and O–H groups in total. The second-order valence-corrected chi connectivity index (χ2v) is 9.12. The summed E-state index contributed by atoms with van der Waals surface area (Å²) in [5.74, 6) is 3.09. The van der Waals surface area contributed by atoms with Crippen LogP contribution in [0, 0.1) is 23.7 Å². The van der Waals surface area contributed by atoms with Gasteiger partial charge in [0, 0.05) is 0 Å². The van der Waals surface area contributed by atoms with Crippen LogP contribution in [-0.2, 0) is 4.89 Å². The summed E-state index contributed by atoms with van der Waals surface area (Å²) in [5.41, 5.74) is 0. The van der Waals surface area contributed by atoms with Crippen LogP contribution in [-0.4, -0.2) is 11.4 Å². The molecule has 1 atom stereocenters. The molecular formula is C23H44O2. The van der Waals surface area contributed by atoms with Gasteiger partial charge in [-0.3, -0.25) is 5.26 Å². The highest BCUT2D eigenvalue weighted by Gasteiger charge is 2.35. The molecule has 2 saturated carbocycles. The van der Waals surface area contributed by atoms with E-state index in [4.69, 9.17) is 4.89 Å². The molecule has 2 rings (SSSR count). The molecule has 0 aliphatic heterocycles. The number of rotatable bonds is 11. The molecule has 0 aromatic heterocycles. The van der Waals surface area contributed by atoms with E-state index in [0.717, 1.165) is 11.8 Å². The zero-order valence-electron chi connectivity index (χ0n) is 17.1. The van der Waals surface area contributed by atoms with Crippen LogP contribution >= 0.6 is 0 Å². The molecule has 2 fully saturated rings. The highest BCUT2D eigenvalue weighted by atomic mass is 17.1. The quantitative estimate of drug-likeness (QED) is 0.235. The molecule has 2 aliphatic carbocycles. The summed E-state index contributed by atoms with van der Waals surface area (Å²) in [6.45, 7) is 4.59. The second-order valence-electron chi connectivity index (χ2n) is 9.12. The van der Waals surface area contributed by atoms with E-state index < -0.39 is 0 Å². The molecule has 0 bridgehead atoms. The first-order valence-corrected chi connectivity index (χ1v) is 11.6. The van der Waals surface area contributed by atoms with Gasteiger partial charge in [0.1, 0.15) is 0 Å². The minimum atomic E-state index is 0.119. The van der Waals surface area contributed by atoms with E-state index in [-0.39, 0.29) is 6.10 Å². The molecule has 0 saturated heterocycles. The van der Waals surface area contributed by atoms with Gasteiger partial charge in [-0.25, -0.2) is 4.89 Å². The Kier molecular flexibility index (Phi) is 10.5. The molecule has 0 aromatic rings. The van der Waals surface area contributed by atoms with Crippen LogP contribution in [0.4, 0.5) is 0 Å². The predicted octanol–water partition coefficient (Wildman–Crippen LogP) is 7.62. The van der Waals surface area contributed by atoms with Gasteiger partial charge in [0.15, 0.2) is 0 Å². The lowest BCUT2D eigenvalue weighted by Crippen LogP contribution is -2.36. The van der Waals surface area contributed by atoms with Crippen molar-refractivity contribution in [1.29, 1.82) is 0 Å². The van der Waals surface area contributed by atoms with Gasteiger partial charge in [0.25, 0.3) is 0 Å². The van der Waals surface area contributed by atoms with Crippen LogP contribution < -0.4 is 0 Å². The van der Waals surface area contributed by atoms with E-state index in [0.29, 0.717) is 11.8 Å². The fourth-order valence-electron chi connectivity index (χ4n) is 5.61. The lowest BCUT2D eigenvalue weighted by Gasteiger charge is -2.39. The molecule has 0 aromatic carbocycles. The third-order valence-electron chi connectivity index (χ3n) is 7.25. The van der Waals surface area contributed by atoms with Crippen LogP contribution in [0.1, 0.15) is 117 Å². The normalized spacial score (nSPS) is 31.8. The average molecular weight is 353 g/mol. The van der Waals surface area contributed by atoms with Crippen LogP contribution in [0.2, 0.25) is 0 Å². The maximum absolute atomic E-state index is 9.59. The summed E-state index contributed by atoms with van der Waals surface area (Å²) in [4.78, 5) is 5.09. The Balaban J connectivity index is 1.66. The summed E-state index contributed by atoms with van der Waals surface area (Å²) in [5, 5.41) is 9.59. The lowest BCUT2D eigenvalue weighted by atomic mass is 9.70. The molecule has 0 heterocycles. The van der Waals surface area contributed by atoms with Crippen LogP contribution in [0.5, 0.6) is 0 Å². The predicted molar refractivity (Wildman–Crippen MR) is 107 cm³/mol. The SMILES string of the molecule is CCCCCCCC1CCC(C(OO)C2CCC(CCC)CC2)CC1. The van der Waals surface area contributed by atoms with Gasteiger partial charge < -0.3 is 0 Å². The first-order valence-electron chi connectivity index (χ1n) is 11.6. The minimum Gasteiger partial charge on any atom is -0.252 e. The zero-order chi connectivity index (χ0) is 17.9. The fourth-order valence-corrected chi connectivity index (χ4v) is 5.61. The Morgan fingerprint density at radius 1 is 0.680 bits per heavy atom. The van der Waals surface area contributed by atoms with E-state index in [1.165, 1.54) is 103 Å². The largest absolute Gasteiger partial charge is 0.252 e. The van der Waals surface area contributed by atoms with Gasteiger partial charge >= 0.3 is 0 Å². The lowest BCUT2D eigenvalue weighted by molar-refractivity contribution is -0.307. The van der Waals surface area contributed by atoms with E-state index in [9.17, 15) is 5.26 Å². The highest BCUT2D eigenvalue weighted by molar-refractivity contribution is 4.85. The van der Waals surface area contributed by atoms with Gasteiger partial charge in [-0.2, -0.15) is 0 Å². The minimum absolute atomic E-state index is 0.119. The third kappa shape index (κ3) is 7.21. The second kappa shape index (κ2) is 12.3. The van der Waals surface area contributed by atoms with E-state index >= 15 is 0 Å². The highest BCUT2D eigenvalue weighted by Crippen LogP contribution is 2.41. The van der Waals surface area contributed by atoms with Crippen molar-refractivity contribution in [3.05, 3.63) is 0 Å². The zero-order valence-corrected chi connectivity index (χ0v) is 17.1. The van der Waals surface area contributed by atoms with Crippen molar-refractivity contribution in [2.75, 3.05) is 0 Å². The maximum Gasteiger partial charge on any atom is 0.0983 e. The molecule has 0 radical (unpaired) electrons. The number of hydrogen-bond donors (Lipinski definition) is 1. The van der Waals surface area contributed by atoms with Crippen molar-refractivity contribution in [1.82, 2.24) is 0 Å². The first kappa shape index (κ1) is 21.2. The van der Waals surface area contributed by atoms with Gasteiger partial charge in [-0.1, -0.05) is 90.9 Å². The van der Waals surface area contributed by atoms with E-state index in [2.05, 4.69) is 13.8 Å². The first-order chi connectivity index (χ1) is 12.3. The van der Waals surface area contributed by atoms with Gasteiger partial charge in [-0.15, -0.1) is 0 Å². The summed E-state index contributed by atoms with van der Waals surface area (Å²) in [7, 11) is 0. The average Bonchev–Trinajstić information content (AvgIpc) is 2.65. The van der Waals surface area contributed by atoms with Crippen molar-refractivity contribution < 1.29 is 10.1 Å². The van der Waals surface area contributed by atoms with Gasteiger partial charge in [0.2, 0.25) is 0 Å². The smallest absolute Gasteiger partial charge is 0.0983 e. The van der Waals surface area contributed by atoms with Gasteiger partial charge in [0.05, 0.1) is 6.10 Å². The number of hydrogen-bond acceptors (Lipinski definition) is 2. The Bertz CT molecular complexity index is 314. The Morgan fingerprint density at radius 3 is 1.68 bits per heavy atom. The third-order valence-corrected chi connectivity index (χ3v) is 7.25. The standard InChI is InChI=1S/C23H44O2/c1-3-5-6-7-8-10-20-13-17-22(18-14-20)23(25-24)21-15-11-19(9-4-2)12-16-21/h19-24H,3-18H2,1-2H3. The molecule has 2 nitrogen and oxygen atoms in total. The van der Waals surface area contributed by atoms with Crippen molar-refractivity contribution in [3.8, 4) is 0 Å². The molecule has 2 aliphatic rings. The molecule has 0 amide bonds. The van der Waals surface area contributed by atoms with Crippen LogP contribution in [0.3, 0.4) is 0 Å². The molecule has 25 heavy (non-hydrogen) atoms. The summed E-state index contributed by atoms with van der Waals surface area (Å²) >= 11 is 0. The molecule has 148 valence electrons. The molecule has 1 unspecified atom stereocenters. The van der Waals surface area contributed by atoms with Crippen LogP contribution in [0.25, 0.3) is 0 Å². The molecule has 0 spiro atoms. The fraction of sp³-hybridized carbons (Fsp3) is 1.00. The van der Waals surface area contributed by atoms with E-state index in [1.54, 1.807) is 0 Å². The number of unbranched alkanes of at least 4 members (excludes halogenated alkanes) is 4. The van der Waals surface area contributed by atoms with Crippen LogP contribution in [0.15, 0.2) is 0 Å².